The molecule has 0 saturated carbocycles. The molecule has 82 valence electrons. The molecule has 0 aliphatic carbocycles. The van der Waals surface area contributed by atoms with Crippen molar-refractivity contribution >= 4 is 29.1 Å². The summed E-state index contributed by atoms with van der Waals surface area (Å²) < 4.78 is 0. The largest absolute Gasteiger partial charge is 0.381 e. The number of benzene rings is 1. The van der Waals surface area contributed by atoms with Crippen LogP contribution in [0.4, 0.5) is 5.69 Å². The van der Waals surface area contributed by atoms with E-state index in [1.807, 2.05) is 23.9 Å². The van der Waals surface area contributed by atoms with Crippen molar-refractivity contribution < 1.29 is 0 Å². The van der Waals surface area contributed by atoms with Gasteiger partial charge in [0.25, 0.3) is 0 Å². The van der Waals surface area contributed by atoms with Crippen LogP contribution in [0.25, 0.3) is 0 Å². The first-order valence-corrected chi connectivity index (χ1v) is 6.89. The monoisotopic (exact) mass is 241 g/mol. The Hall–Kier alpha value is -0.340. The van der Waals surface area contributed by atoms with Gasteiger partial charge in [-0.2, -0.15) is 11.8 Å². The number of rotatable bonds is 2. The van der Waals surface area contributed by atoms with Crippen molar-refractivity contribution in [1.82, 2.24) is 0 Å². The predicted molar refractivity (Wildman–Crippen MR) is 70.2 cm³/mol. The van der Waals surface area contributed by atoms with Crippen molar-refractivity contribution in [3.8, 4) is 0 Å². The van der Waals surface area contributed by atoms with Crippen LogP contribution < -0.4 is 5.32 Å². The summed E-state index contributed by atoms with van der Waals surface area (Å²) in [4.78, 5) is 0. The van der Waals surface area contributed by atoms with Crippen LogP contribution in [0.2, 0.25) is 5.02 Å². The molecule has 0 bridgehead atoms. The van der Waals surface area contributed by atoms with Gasteiger partial charge in [-0.25, -0.2) is 0 Å². The second-order valence-electron chi connectivity index (χ2n) is 4.01. The number of aryl methyl sites for hydroxylation is 1. The summed E-state index contributed by atoms with van der Waals surface area (Å²) >= 11 is 8.19. The number of hydrogen-bond acceptors (Lipinski definition) is 2. The number of hydrogen-bond donors (Lipinski definition) is 1. The lowest BCUT2D eigenvalue weighted by Gasteiger charge is -2.24. The van der Waals surface area contributed by atoms with E-state index in [0.717, 1.165) is 10.7 Å². The van der Waals surface area contributed by atoms with Gasteiger partial charge in [0.2, 0.25) is 0 Å². The minimum Gasteiger partial charge on any atom is -0.381 e. The zero-order valence-corrected chi connectivity index (χ0v) is 10.5. The van der Waals surface area contributed by atoms with E-state index in [0.29, 0.717) is 6.04 Å². The van der Waals surface area contributed by atoms with Crippen molar-refractivity contribution in [2.45, 2.75) is 25.8 Å². The molecule has 0 spiro atoms. The number of nitrogens with one attached hydrogen (secondary N) is 1. The van der Waals surface area contributed by atoms with Gasteiger partial charge < -0.3 is 5.32 Å². The molecule has 1 aromatic carbocycles. The lowest BCUT2D eigenvalue weighted by atomic mass is 10.1. The highest BCUT2D eigenvalue weighted by Crippen LogP contribution is 2.26. The normalized spacial score (nSPS) is 17.7. The second-order valence-corrected chi connectivity index (χ2v) is 5.65. The summed E-state index contributed by atoms with van der Waals surface area (Å²) in [5.41, 5.74) is 2.35. The highest BCUT2D eigenvalue weighted by atomic mass is 35.5. The molecule has 1 aliphatic rings. The minimum absolute atomic E-state index is 0.602. The molecule has 0 amide bonds. The van der Waals surface area contributed by atoms with Crippen molar-refractivity contribution in [3.63, 3.8) is 0 Å². The van der Waals surface area contributed by atoms with Gasteiger partial charge in [-0.15, -0.1) is 0 Å². The summed E-state index contributed by atoms with van der Waals surface area (Å²) in [6.07, 6.45) is 2.49. The molecule has 1 saturated heterocycles. The van der Waals surface area contributed by atoms with E-state index in [1.165, 1.54) is 29.9 Å². The van der Waals surface area contributed by atoms with Crippen LogP contribution in [-0.4, -0.2) is 17.5 Å². The molecule has 1 heterocycles. The third kappa shape index (κ3) is 3.05. The molecule has 1 fully saturated rings. The Morgan fingerprint density at radius 1 is 1.33 bits per heavy atom. The van der Waals surface area contributed by atoms with E-state index in [9.17, 15) is 0 Å². The maximum atomic E-state index is 6.15. The molecule has 2 rings (SSSR count). The quantitative estimate of drug-likeness (QED) is 0.841. The van der Waals surface area contributed by atoms with Gasteiger partial charge in [-0.05, 0) is 49.0 Å². The molecule has 0 atom stereocenters. The van der Waals surface area contributed by atoms with E-state index < -0.39 is 0 Å². The smallest absolute Gasteiger partial charge is 0.0637 e. The molecule has 1 aliphatic heterocycles. The summed E-state index contributed by atoms with van der Waals surface area (Å²) in [5.74, 6) is 2.53. The van der Waals surface area contributed by atoms with E-state index in [1.54, 1.807) is 0 Å². The van der Waals surface area contributed by atoms with E-state index in [2.05, 4.69) is 18.3 Å². The highest BCUT2D eigenvalue weighted by Gasteiger charge is 2.14. The van der Waals surface area contributed by atoms with Crippen LogP contribution in [-0.2, 0) is 0 Å². The molecule has 3 heteroatoms. The van der Waals surface area contributed by atoms with Crippen LogP contribution in [0.1, 0.15) is 18.4 Å². The first kappa shape index (κ1) is 11.2. The average Bonchev–Trinajstić information content (AvgIpc) is 2.25. The van der Waals surface area contributed by atoms with Gasteiger partial charge >= 0.3 is 0 Å². The first-order chi connectivity index (χ1) is 7.25. The van der Waals surface area contributed by atoms with E-state index in [-0.39, 0.29) is 0 Å². The third-order valence-electron chi connectivity index (χ3n) is 2.70. The Morgan fingerprint density at radius 2 is 2.07 bits per heavy atom. The Balaban J connectivity index is 2.05. The zero-order chi connectivity index (χ0) is 10.7. The van der Waals surface area contributed by atoms with Crippen LogP contribution in [0, 0.1) is 6.92 Å². The van der Waals surface area contributed by atoms with Crippen molar-refractivity contribution in [1.29, 1.82) is 0 Å². The minimum atomic E-state index is 0.602. The van der Waals surface area contributed by atoms with Crippen LogP contribution in [0.5, 0.6) is 0 Å². The predicted octanol–water partition coefficient (Wildman–Crippen LogP) is 3.96. The molecule has 0 radical (unpaired) electrons. The van der Waals surface area contributed by atoms with Crippen molar-refractivity contribution in [3.05, 3.63) is 28.8 Å². The van der Waals surface area contributed by atoms with Crippen molar-refractivity contribution in [2.24, 2.45) is 0 Å². The van der Waals surface area contributed by atoms with E-state index >= 15 is 0 Å². The summed E-state index contributed by atoms with van der Waals surface area (Å²) in [7, 11) is 0. The number of thioether (sulfide) groups is 1. The van der Waals surface area contributed by atoms with Crippen LogP contribution in [0.3, 0.4) is 0 Å². The molecule has 1 aromatic rings. The van der Waals surface area contributed by atoms with Crippen LogP contribution >= 0.6 is 23.4 Å². The topological polar surface area (TPSA) is 12.0 Å². The zero-order valence-electron chi connectivity index (χ0n) is 8.92. The maximum absolute atomic E-state index is 6.15. The number of anilines is 1. The Morgan fingerprint density at radius 3 is 2.80 bits per heavy atom. The molecule has 15 heavy (non-hydrogen) atoms. The van der Waals surface area contributed by atoms with Gasteiger partial charge in [-0.1, -0.05) is 17.7 Å². The average molecular weight is 242 g/mol. The van der Waals surface area contributed by atoms with Gasteiger partial charge in [0.05, 0.1) is 10.7 Å². The molecular weight excluding hydrogens is 226 g/mol. The molecule has 0 aromatic heterocycles. The maximum Gasteiger partial charge on any atom is 0.0637 e. The fourth-order valence-electron chi connectivity index (χ4n) is 1.81. The molecule has 0 unspecified atom stereocenters. The summed E-state index contributed by atoms with van der Waals surface area (Å²) in [6, 6.07) is 6.75. The summed E-state index contributed by atoms with van der Waals surface area (Å²) in [6.45, 7) is 2.10. The standard InChI is InChI=1S/C12H16ClNS/c1-9-2-3-11(13)12(8-9)14-10-4-6-15-7-5-10/h2-3,8,10,14H,4-7H2,1H3. The van der Waals surface area contributed by atoms with Gasteiger partial charge in [0.1, 0.15) is 0 Å². The lowest BCUT2D eigenvalue weighted by molar-refractivity contribution is 0.667. The fraction of sp³-hybridized carbons (Fsp3) is 0.500. The fourth-order valence-corrected chi connectivity index (χ4v) is 3.09. The third-order valence-corrected chi connectivity index (χ3v) is 4.08. The van der Waals surface area contributed by atoms with Gasteiger partial charge in [-0.3, -0.25) is 0 Å². The second kappa shape index (κ2) is 5.13. The Labute approximate surface area is 101 Å². The SMILES string of the molecule is Cc1ccc(Cl)c(NC2CCSCC2)c1. The molecular formula is C12H16ClNS. The van der Waals surface area contributed by atoms with Crippen molar-refractivity contribution in [2.75, 3.05) is 16.8 Å². The summed E-state index contributed by atoms with van der Waals surface area (Å²) in [5, 5.41) is 4.38. The molecule has 1 nitrogen and oxygen atoms in total. The Bertz CT molecular complexity index is 334. The first-order valence-electron chi connectivity index (χ1n) is 5.36. The van der Waals surface area contributed by atoms with Gasteiger partial charge in [0.15, 0.2) is 0 Å². The number of halogens is 1. The van der Waals surface area contributed by atoms with E-state index in [4.69, 9.17) is 11.6 Å². The van der Waals surface area contributed by atoms with Crippen LogP contribution in [0.15, 0.2) is 18.2 Å². The molecule has 1 N–H and O–H groups in total. The highest BCUT2D eigenvalue weighted by molar-refractivity contribution is 7.99. The Kier molecular flexibility index (Phi) is 3.81. The van der Waals surface area contributed by atoms with Gasteiger partial charge in [0, 0.05) is 6.04 Å². The lowest BCUT2D eigenvalue weighted by Crippen LogP contribution is -2.24.